The van der Waals surface area contributed by atoms with Crippen LogP contribution in [0.5, 0.6) is 5.75 Å². The maximum atomic E-state index is 13.1. The van der Waals surface area contributed by atoms with Gasteiger partial charge < -0.3 is 9.47 Å². The van der Waals surface area contributed by atoms with Gasteiger partial charge in [0.2, 0.25) is 0 Å². The molecule has 0 heterocycles. The zero-order valence-electron chi connectivity index (χ0n) is 9.54. The van der Waals surface area contributed by atoms with Crippen molar-refractivity contribution in [3.8, 4) is 5.75 Å². The minimum Gasteiger partial charge on any atom is -0.490 e. The van der Waals surface area contributed by atoms with Gasteiger partial charge in [-0.1, -0.05) is 0 Å². The molecule has 0 amide bonds. The molecule has 1 aromatic rings. The van der Waals surface area contributed by atoms with Crippen LogP contribution in [0.1, 0.15) is 19.8 Å². The van der Waals surface area contributed by atoms with E-state index >= 15 is 0 Å². The molecule has 94 valence electrons. The Hall–Kier alpha value is -1.65. The van der Waals surface area contributed by atoms with Crippen LogP contribution >= 0.6 is 0 Å². The second-order valence-corrected chi connectivity index (χ2v) is 3.33. The third kappa shape index (κ3) is 4.80. The fourth-order valence-electron chi connectivity index (χ4n) is 1.22. The van der Waals surface area contributed by atoms with Gasteiger partial charge in [0.05, 0.1) is 13.2 Å². The molecule has 0 saturated heterocycles. The molecule has 17 heavy (non-hydrogen) atoms. The summed E-state index contributed by atoms with van der Waals surface area (Å²) in [7, 11) is 0. The molecular formula is C12H14F2O3. The number of esters is 1. The van der Waals surface area contributed by atoms with Crippen molar-refractivity contribution in [1.82, 2.24) is 0 Å². The molecule has 0 aliphatic heterocycles. The quantitative estimate of drug-likeness (QED) is 0.570. The predicted octanol–water partition coefficient (Wildman–Crippen LogP) is 2.69. The summed E-state index contributed by atoms with van der Waals surface area (Å²) in [5.74, 6) is -1.65. The van der Waals surface area contributed by atoms with Gasteiger partial charge in [-0.2, -0.15) is 0 Å². The lowest BCUT2D eigenvalue weighted by Gasteiger charge is -2.06. The summed E-state index contributed by atoms with van der Waals surface area (Å²) in [5.41, 5.74) is 0. The first-order chi connectivity index (χ1) is 8.13. The molecule has 0 aromatic heterocycles. The molecule has 5 heteroatoms. The van der Waals surface area contributed by atoms with E-state index in [1.165, 1.54) is 0 Å². The Morgan fingerprint density at radius 2 is 2.12 bits per heavy atom. The minimum absolute atomic E-state index is 0.138. The normalized spacial score (nSPS) is 10.1. The molecule has 0 radical (unpaired) electrons. The van der Waals surface area contributed by atoms with Gasteiger partial charge >= 0.3 is 5.97 Å². The van der Waals surface area contributed by atoms with Gasteiger partial charge in [0.15, 0.2) is 11.6 Å². The maximum Gasteiger partial charge on any atom is 0.305 e. The van der Waals surface area contributed by atoms with Crippen molar-refractivity contribution in [2.24, 2.45) is 0 Å². The SMILES string of the molecule is CCOC(=O)CCCOc1cc(F)ccc1F. The summed E-state index contributed by atoms with van der Waals surface area (Å²) in [4.78, 5) is 11.0. The average molecular weight is 244 g/mol. The summed E-state index contributed by atoms with van der Waals surface area (Å²) in [6.45, 7) is 2.19. The third-order valence-corrected chi connectivity index (χ3v) is 1.98. The van der Waals surface area contributed by atoms with Crippen molar-refractivity contribution >= 4 is 5.97 Å². The zero-order chi connectivity index (χ0) is 12.7. The van der Waals surface area contributed by atoms with E-state index in [4.69, 9.17) is 9.47 Å². The fraction of sp³-hybridized carbons (Fsp3) is 0.417. The predicted molar refractivity (Wildman–Crippen MR) is 57.7 cm³/mol. The molecule has 0 bridgehead atoms. The molecule has 0 aliphatic carbocycles. The van der Waals surface area contributed by atoms with Crippen molar-refractivity contribution in [3.63, 3.8) is 0 Å². The first-order valence-electron chi connectivity index (χ1n) is 5.37. The molecular weight excluding hydrogens is 230 g/mol. The first-order valence-corrected chi connectivity index (χ1v) is 5.37. The number of ether oxygens (including phenoxy) is 2. The van der Waals surface area contributed by atoms with Crippen LogP contribution in [0.15, 0.2) is 18.2 Å². The van der Waals surface area contributed by atoms with E-state index in [0.717, 1.165) is 18.2 Å². The van der Waals surface area contributed by atoms with E-state index < -0.39 is 11.6 Å². The molecule has 1 rings (SSSR count). The maximum absolute atomic E-state index is 13.1. The topological polar surface area (TPSA) is 35.5 Å². The van der Waals surface area contributed by atoms with Crippen LogP contribution in [0.2, 0.25) is 0 Å². The van der Waals surface area contributed by atoms with Gasteiger partial charge in [-0.3, -0.25) is 4.79 Å². The molecule has 0 aliphatic rings. The van der Waals surface area contributed by atoms with E-state index in [0.29, 0.717) is 13.0 Å². The Bertz CT molecular complexity index is 380. The van der Waals surface area contributed by atoms with Crippen LogP contribution in [0.3, 0.4) is 0 Å². The Kier molecular flexibility index (Phi) is 5.39. The Morgan fingerprint density at radius 1 is 1.35 bits per heavy atom. The molecule has 0 unspecified atom stereocenters. The highest BCUT2D eigenvalue weighted by molar-refractivity contribution is 5.69. The van der Waals surface area contributed by atoms with Crippen LogP contribution in [0, 0.1) is 11.6 Å². The van der Waals surface area contributed by atoms with Crippen molar-refractivity contribution in [2.75, 3.05) is 13.2 Å². The number of rotatable bonds is 6. The van der Waals surface area contributed by atoms with E-state index in [1.807, 2.05) is 0 Å². The van der Waals surface area contributed by atoms with Gasteiger partial charge in [-0.25, -0.2) is 8.78 Å². The van der Waals surface area contributed by atoms with Gasteiger partial charge in [-0.05, 0) is 25.5 Å². The lowest BCUT2D eigenvalue weighted by atomic mass is 10.3. The lowest BCUT2D eigenvalue weighted by Crippen LogP contribution is -2.07. The number of carbonyl (C=O) groups is 1. The summed E-state index contributed by atoms with van der Waals surface area (Å²) >= 11 is 0. The number of halogens is 2. The Labute approximate surface area is 98.3 Å². The number of hydrogen-bond donors (Lipinski definition) is 0. The van der Waals surface area contributed by atoms with Crippen LogP contribution < -0.4 is 4.74 Å². The fourth-order valence-corrected chi connectivity index (χ4v) is 1.22. The molecule has 1 aromatic carbocycles. The summed E-state index contributed by atoms with van der Waals surface area (Å²) < 4.78 is 35.6. The number of benzene rings is 1. The molecule has 0 saturated carbocycles. The summed E-state index contributed by atoms with van der Waals surface area (Å²) in [6, 6.07) is 2.98. The first kappa shape index (κ1) is 13.4. The van der Waals surface area contributed by atoms with Crippen LogP contribution in [0.25, 0.3) is 0 Å². The highest BCUT2D eigenvalue weighted by atomic mass is 19.1. The van der Waals surface area contributed by atoms with Gasteiger partial charge in [0, 0.05) is 12.5 Å². The second kappa shape index (κ2) is 6.83. The Morgan fingerprint density at radius 3 is 2.82 bits per heavy atom. The summed E-state index contributed by atoms with van der Waals surface area (Å²) in [5, 5.41) is 0. The van der Waals surface area contributed by atoms with Crippen LogP contribution in [0.4, 0.5) is 8.78 Å². The van der Waals surface area contributed by atoms with E-state index in [9.17, 15) is 13.6 Å². The smallest absolute Gasteiger partial charge is 0.305 e. The third-order valence-electron chi connectivity index (χ3n) is 1.98. The highest BCUT2D eigenvalue weighted by Gasteiger charge is 2.06. The standard InChI is InChI=1S/C12H14F2O3/c1-2-16-12(15)4-3-7-17-11-8-9(13)5-6-10(11)14/h5-6,8H,2-4,7H2,1H3. The number of carbonyl (C=O) groups excluding carboxylic acids is 1. The van der Waals surface area contributed by atoms with E-state index in [2.05, 4.69) is 0 Å². The molecule has 0 atom stereocenters. The van der Waals surface area contributed by atoms with E-state index in [-0.39, 0.29) is 24.7 Å². The molecule has 3 nitrogen and oxygen atoms in total. The van der Waals surface area contributed by atoms with Gasteiger partial charge in [0.25, 0.3) is 0 Å². The van der Waals surface area contributed by atoms with Crippen LogP contribution in [-0.4, -0.2) is 19.2 Å². The van der Waals surface area contributed by atoms with Crippen molar-refractivity contribution in [1.29, 1.82) is 0 Å². The number of hydrogen-bond acceptors (Lipinski definition) is 3. The van der Waals surface area contributed by atoms with Crippen molar-refractivity contribution in [2.45, 2.75) is 19.8 Å². The monoisotopic (exact) mass is 244 g/mol. The molecule has 0 fully saturated rings. The lowest BCUT2D eigenvalue weighted by molar-refractivity contribution is -0.143. The van der Waals surface area contributed by atoms with Crippen molar-refractivity contribution < 1.29 is 23.0 Å². The van der Waals surface area contributed by atoms with E-state index in [1.54, 1.807) is 6.92 Å². The van der Waals surface area contributed by atoms with Crippen molar-refractivity contribution in [3.05, 3.63) is 29.8 Å². The largest absolute Gasteiger partial charge is 0.490 e. The molecule has 0 N–H and O–H groups in total. The zero-order valence-corrected chi connectivity index (χ0v) is 9.54. The second-order valence-electron chi connectivity index (χ2n) is 3.33. The summed E-state index contributed by atoms with van der Waals surface area (Å²) in [6.07, 6.45) is 0.597. The Balaban J connectivity index is 2.31. The van der Waals surface area contributed by atoms with Gasteiger partial charge in [-0.15, -0.1) is 0 Å². The minimum atomic E-state index is -0.623. The highest BCUT2D eigenvalue weighted by Crippen LogP contribution is 2.18. The molecule has 0 spiro atoms. The average Bonchev–Trinajstić information content (AvgIpc) is 2.29. The van der Waals surface area contributed by atoms with Gasteiger partial charge in [0.1, 0.15) is 5.82 Å². The van der Waals surface area contributed by atoms with Crippen LogP contribution in [-0.2, 0) is 9.53 Å².